The van der Waals surface area contributed by atoms with E-state index in [4.69, 9.17) is 10.5 Å². The van der Waals surface area contributed by atoms with E-state index in [1.165, 1.54) is 4.90 Å². The molecular weight excluding hydrogens is 244 g/mol. The monoisotopic (exact) mass is 260 g/mol. The standard InChI is InChI=1S/C14H16N2OS/c1-17-12-4-3-9-16-14(12)13(15)10-5-7-11(18-2)8-6-10/h3-9,13H,15H2,1-2H3. The van der Waals surface area contributed by atoms with Crippen molar-refractivity contribution in [3.05, 3.63) is 53.9 Å². The molecule has 4 heteroatoms. The van der Waals surface area contributed by atoms with Crippen LogP contribution in [0.3, 0.4) is 0 Å². The lowest BCUT2D eigenvalue weighted by Gasteiger charge is -2.14. The third kappa shape index (κ3) is 2.66. The highest BCUT2D eigenvalue weighted by Crippen LogP contribution is 2.27. The van der Waals surface area contributed by atoms with Gasteiger partial charge >= 0.3 is 0 Å². The zero-order valence-corrected chi connectivity index (χ0v) is 11.3. The van der Waals surface area contributed by atoms with Gasteiger partial charge in [0.2, 0.25) is 0 Å². The minimum absolute atomic E-state index is 0.267. The van der Waals surface area contributed by atoms with Crippen LogP contribution in [0.4, 0.5) is 0 Å². The quantitative estimate of drug-likeness (QED) is 0.859. The molecule has 2 aromatic rings. The predicted octanol–water partition coefficient (Wildman–Crippen LogP) is 2.86. The number of methoxy groups -OCH3 is 1. The van der Waals surface area contributed by atoms with Gasteiger partial charge in [-0.1, -0.05) is 12.1 Å². The van der Waals surface area contributed by atoms with Crippen LogP contribution >= 0.6 is 11.8 Å². The largest absolute Gasteiger partial charge is 0.495 e. The maximum atomic E-state index is 6.23. The first-order valence-corrected chi connectivity index (χ1v) is 6.87. The van der Waals surface area contributed by atoms with Crippen LogP contribution in [0.1, 0.15) is 17.3 Å². The number of pyridine rings is 1. The van der Waals surface area contributed by atoms with E-state index in [0.29, 0.717) is 0 Å². The Labute approximate surface area is 111 Å². The Balaban J connectivity index is 2.31. The zero-order chi connectivity index (χ0) is 13.0. The van der Waals surface area contributed by atoms with E-state index in [1.54, 1.807) is 25.1 Å². The van der Waals surface area contributed by atoms with Gasteiger partial charge in [-0.2, -0.15) is 0 Å². The molecule has 2 N–H and O–H groups in total. The SMILES string of the molecule is COc1cccnc1C(N)c1ccc(SC)cc1. The second-order valence-electron chi connectivity index (χ2n) is 3.84. The van der Waals surface area contributed by atoms with Crippen LogP contribution in [0, 0.1) is 0 Å². The van der Waals surface area contributed by atoms with Crippen molar-refractivity contribution in [2.45, 2.75) is 10.9 Å². The summed E-state index contributed by atoms with van der Waals surface area (Å²) in [5, 5.41) is 0. The predicted molar refractivity (Wildman–Crippen MR) is 75.0 cm³/mol. The Hall–Kier alpha value is -1.52. The third-order valence-corrected chi connectivity index (χ3v) is 3.53. The molecule has 1 atom stereocenters. The van der Waals surface area contributed by atoms with Crippen LogP contribution in [0.15, 0.2) is 47.5 Å². The van der Waals surface area contributed by atoms with Gasteiger partial charge in [0.25, 0.3) is 0 Å². The first-order chi connectivity index (χ1) is 8.76. The molecule has 1 aromatic carbocycles. The number of hydrogen-bond acceptors (Lipinski definition) is 4. The summed E-state index contributed by atoms with van der Waals surface area (Å²) in [4.78, 5) is 5.53. The van der Waals surface area contributed by atoms with Crippen molar-refractivity contribution >= 4 is 11.8 Å². The Morgan fingerprint density at radius 3 is 2.56 bits per heavy atom. The van der Waals surface area contributed by atoms with Crippen molar-refractivity contribution in [1.29, 1.82) is 0 Å². The second kappa shape index (κ2) is 5.89. The Bertz CT molecular complexity index is 513. The molecule has 0 bridgehead atoms. The number of rotatable bonds is 4. The van der Waals surface area contributed by atoms with Crippen molar-refractivity contribution in [2.24, 2.45) is 5.73 Å². The molecule has 0 aliphatic heterocycles. The van der Waals surface area contributed by atoms with Crippen LogP contribution in [0.5, 0.6) is 5.75 Å². The van der Waals surface area contributed by atoms with Crippen LogP contribution in [0.25, 0.3) is 0 Å². The third-order valence-electron chi connectivity index (χ3n) is 2.79. The number of hydrogen-bond donors (Lipinski definition) is 1. The van der Waals surface area contributed by atoms with Crippen molar-refractivity contribution in [3.8, 4) is 5.75 Å². The molecule has 0 radical (unpaired) electrons. The summed E-state index contributed by atoms with van der Waals surface area (Å²) in [5.74, 6) is 0.721. The number of nitrogens with zero attached hydrogens (tertiary/aromatic N) is 1. The van der Waals surface area contributed by atoms with E-state index in [2.05, 4.69) is 23.4 Å². The molecule has 0 spiro atoms. The molecule has 1 unspecified atom stereocenters. The van der Waals surface area contributed by atoms with Crippen LogP contribution in [0.2, 0.25) is 0 Å². The average Bonchev–Trinajstić information content (AvgIpc) is 2.46. The summed E-state index contributed by atoms with van der Waals surface area (Å²) < 4.78 is 5.29. The van der Waals surface area contributed by atoms with E-state index in [-0.39, 0.29) is 6.04 Å². The zero-order valence-electron chi connectivity index (χ0n) is 10.5. The van der Waals surface area contributed by atoms with Gasteiger partial charge in [0.15, 0.2) is 0 Å². The van der Waals surface area contributed by atoms with Crippen molar-refractivity contribution in [3.63, 3.8) is 0 Å². The lowest BCUT2D eigenvalue weighted by molar-refractivity contribution is 0.404. The Kier molecular flexibility index (Phi) is 4.23. The topological polar surface area (TPSA) is 48.1 Å². The summed E-state index contributed by atoms with van der Waals surface area (Å²) in [7, 11) is 1.63. The fourth-order valence-corrected chi connectivity index (χ4v) is 2.19. The second-order valence-corrected chi connectivity index (χ2v) is 4.72. The smallest absolute Gasteiger partial charge is 0.142 e. The highest BCUT2D eigenvalue weighted by molar-refractivity contribution is 7.98. The van der Waals surface area contributed by atoms with Gasteiger partial charge in [0, 0.05) is 11.1 Å². The van der Waals surface area contributed by atoms with Gasteiger partial charge in [0.1, 0.15) is 11.4 Å². The Morgan fingerprint density at radius 1 is 1.22 bits per heavy atom. The van der Waals surface area contributed by atoms with E-state index in [9.17, 15) is 0 Å². The molecule has 0 aliphatic carbocycles. The van der Waals surface area contributed by atoms with E-state index in [1.807, 2.05) is 24.3 Å². The molecule has 3 nitrogen and oxygen atoms in total. The number of nitrogens with two attached hydrogens (primary N) is 1. The molecule has 94 valence electrons. The fraction of sp³-hybridized carbons (Fsp3) is 0.214. The molecular formula is C14H16N2OS. The van der Waals surface area contributed by atoms with E-state index in [0.717, 1.165) is 17.0 Å². The Morgan fingerprint density at radius 2 is 1.94 bits per heavy atom. The number of benzene rings is 1. The molecule has 1 heterocycles. The summed E-state index contributed by atoms with van der Waals surface area (Å²) >= 11 is 1.71. The number of ether oxygens (including phenoxy) is 1. The molecule has 0 saturated carbocycles. The molecule has 0 saturated heterocycles. The van der Waals surface area contributed by atoms with Crippen molar-refractivity contribution in [2.75, 3.05) is 13.4 Å². The lowest BCUT2D eigenvalue weighted by atomic mass is 10.0. The highest BCUT2D eigenvalue weighted by atomic mass is 32.2. The molecule has 2 rings (SSSR count). The van der Waals surface area contributed by atoms with Crippen LogP contribution in [-0.2, 0) is 0 Å². The number of thioether (sulfide) groups is 1. The summed E-state index contributed by atoms with van der Waals surface area (Å²) in [6, 6.07) is 11.6. The summed E-state index contributed by atoms with van der Waals surface area (Å²) in [6.07, 6.45) is 3.78. The van der Waals surface area contributed by atoms with Crippen LogP contribution < -0.4 is 10.5 Å². The molecule has 0 fully saturated rings. The number of aromatic nitrogens is 1. The maximum absolute atomic E-state index is 6.23. The van der Waals surface area contributed by atoms with Gasteiger partial charge < -0.3 is 10.5 Å². The van der Waals surface area contributed by atoms with E-state index >= 15 is 0 Å². The van der Waals surface area contributed by atoms with Gasteiger partial charge in [-0.3, -0.25) is 4.98 Å². The molecule has 0 amide bonds. The minimum atomic E-state index is -0.267. The van der Waals surface area contributed by atoms with Gasteiger partial charge in [-0.05, 0) is 36.1 Å². The van der Waals surface area contributed by atoms with Gasteiger partial charge in [-0.15, -0.1) is 11.8 Å². The maximum Gasteiger partial charge on any atom is 0.142 e. The van der Waals surface area contributed by atoms with Crippen LogP contribution in [-0.4, -0.2) is 18.3 Å². The van der Waals surface area contributed by atoms with E-state index < -0.39 is 0 Å². The molecule has 1 aromatic heterocycles. The van der Waals surface area contributed by atoms with Gasteiger partial charge in [-0.25, -0.2) is 0 Å². The molecule has 18 heavy (non-hydrogen) atoms. The lowest BCUT2D eigenvalue weighted by Crippen LogP contribution is -2.14. The normalized spacial score (nSPS) is 12.2. The first kappa shape index (κ1) is 12.9. The van der Waals surface area contributed by atoms with Gasteiger partial charge in [0.05, 0.1) is 13.2 Å². The van der Waals surface area contributed by atoms with Crippen molar-refractivity contribution in [1.82, 2.24) is 4.98 Å². The molecule has 0 aliphatic rings. The summed E-state index contributed by atoms with van der Waals surface area (Å²) in [6.45, 7) is 0. The summed E-state index contributed by atoms with van der Waals surface area (Å²) in [5.41, 5.74) is 8.03. The fourth-order valence-electron chi connectivity index (χ4n) is 1.78. The minimum Gasteiger partial charge on any atom is -0.495 e. The first-order valence-electron chi connectivity index (χ1n) is 5.64. The highest BCUT2D eigenvalue weighted by Gasteiger charge is 2.14. The van der Waals surface area contributed by atoms with Crippen molar-refractivity contribution < 1.29 is 4.74 Å². The average molecular weight is 260 g/mol.